The highest BCUT2D eigenvalue weighted by atomic mass is 35.5. The average molecular weight is 495 g/mol. The van der Waals surface area contributed by atoms with Crippen molar-refractivity contribution in [2.75, 3.05) is 20.8 Å². The Labute approximate surface area is 211 Å². The molecule has 0 radical (unpaired) electrons. The summed E-state index contributed by atoms with van der Waals surface area (Å²) >= 11 is 6.07. The van der Waals surface area contributed by atoms with Gasteiger partial charge in [-0.05, 0) is 47.9 Å². The molecule has 0 spiro atoms. The number of carbonyl (C=O) groups excluding carboxylic acids is 2. The number of amides is 2. The second-order valence-corrected chi connectivity index (χ2v) is 8.55. The van der Waals surface area contributed by atoms with E-state index in [1.54, 1.807) is 43.4 Å². The second-order valence-electron chi connectivity index (χ2n) is 8.11. The zero-order chi connectivity index (χ0) is 25.2. The fourth-order valence-electron chi connectivity index (χ4n) is 3.90. The van der Waals surface area contributed by atoms with Crippen LogP contribution in [-0.4, -0.2) is 43.5 Å². The van der Waals surface area contributed by atoms with Crippen LogP contribution in [0.5, 0.6) is 11.5 Å². The van der Waals surface area contributed by atoms with Crippen LogP contribution in [0.1, 0.15) is 23.6 Å². The Kier molecular flexibility index (Phi) is 9.56. The molecule has 35 heavy (non-hydrogen) atoms. The van der Waals surface area contributed by atoms with Crippen LogP contribution in [0.15, 0.2) is 72.8 Å². The SMILES string of the molecule is CCNC(=O)[C@H](Cc1ccccc1)N(Cc1ccc(Cl)cc1)C(=O)Cc1ccc(OC)c(OC)c1. The van der Waals surface area contributed by atoms with Crippen molar-refractivity contribution in [1.29, 1.82) is 0 Å². The van der Waals surface area contributed by atoms with E-state index in [9.17, 15) is 9.59 Å². The van der Waals surface area contributed by atoms with Crippen LogP contribution in [0.2, 0.25) is 5.02 Å². The Morgan fingerprint density at radius 1 is 0.886 bits per heavy atom. The molecule has 0 saturated carbocycles. The molecule has 3 aromatic carbocycles. The predicted molar refractivity (Wildman–Crippen MR) is 138 cm³/mol. The van der Waals surface area contributed by atoms with Gasteiger partial charge in [0.25, 0.3) is 0 Å². The molecule has 3 aromatic rings. The fraction of sp³-hybridized carbons (Fsp3) is 0.286. The van der Waals surface area contributed by atoms with Crippen molar-refractivity contribution in [2.24, 2.45) is 0 Å². The summed E-state index contributed by atoms with van der Waals surface area (Å²) in [5, 5.41) is 3.52. The van der Waals surface area contributed by atoms with Crippen LogP contribution in [0, 0.1) is 0 Å². The summed E-state index contributed by atoms with van der Waals surface area (Å²) in [6.07, 6.45) is 0.510. The van der Waals surface area contributed by atoms with Crippen molar-refractivity contribution in [2.45, 2.75) is 32.4 Å². The van der Waals surface area contributed by atoms with E-state index in [1.165, 1.54) is 0 Å². The summed E-state index contributed by atoms with van der Waals surface area (Å²) in [6.45, 7) is 2.62. The quantitative estimate of drug-likeness (QED) is 0.420. The third-order valence-electron chi connectivity index (χ3n) is 5.69. The Morgan fingerprint density at radius 3 is 2.17 bits per heavy atom. The van der Waals surface area contributed by atoms with Crippen LogP contribution in [0.4, 0.5) is 0 Å². The maximum atomic E-state index is 13.7. The number of methoxy groups -OCH3 is 2. The van der Waals surface area contributed by atoms with Gasteiger partial charge in [0.05, 0.1) is 20.6 Å². The van der Waals surface area contributed by atoms with E-state index >= 15 is 0 Å². The minimum absolute atomic E-state index is 0.110. The maximum absolute atomic E-state index is 13.7. The lowest BCUT2D eigenvalue weighted by atomic mass is 10.0. The third kappa shape index (κ3) is 7.23. The van der Waals surface area contributed by atoms with Gasteiger partial charge in [0.2, 0.25) is 11.8 Å². The van der Waals surface area contributed by atoms with Crippen LogP contribution < -0.4 is 14.8 Å². The monoisotopic (exact) mass is 494 g/mol. The summed E-state index contributed by atoms with van der Waals surface area (Å²) in [5.41, 5.74) is 2.63. The van der Waals surface area contributed by atoms with E-state index in [-0.39, 0.29) is 24.8 Å². The molecular formula is C28H31ClN2O4. The molecule has 3 rings (SSSR count). The highest BCUT2D eigenvalue weighted by Crippen LogP contribution is 2.28. The first-order valence-corrected chi connectivity index (χ1v) is 11.9. The van der Waals surface area contributed by atoms with Gasteiger partial charge >= 0.3 is 0 Å². The number of ether oxygens (including phenoxy) is 2. The Balaban J connectivity index is 1.95. The van der Waals surface area contributed by atoms with E-state index in [0.29, 0.717) is 29.5 Å². The smallest absolute Gasteiger partial charge is 0.243 e. The molecule has 7 heteroatoms. The number of nitrogens with one attached hydrogen (secondary N) is 1. The first kappa shape index (κ1) is 26.1. The summed E-state index contributed by atoms with van der Waals surface area (Å²) in [6, 6.07) is 21.7. The van der Waals surface area contributed by atoms with E-state index in [4.69, 9.17) is 21.1 Å². The van der Waals surface area contributed by atoms with Crippen LogP contribution in [-0.2, 0) is 29.0 Å². The number of rotatable bonds is 11. The van der Waals surface area contributed by atoms with Crippen LogP contribution in [0.3, 0.4) is 0 Å². The molecule has 2 amide bonds. The Hall–Kier alpha value is -3.51. The Morgan fingerprint density at radius 2 is 1.54 bits per heavy atom. The number of likely N-dealkylation sites (N-methyl/N-ethyl adjacent to an activating group) is 1. The number of carbonyl (C=O) groups is 2. The molecule has 0 aliphatic rings. The minimum Gasteiger partial charge on any atom is -0.493 e. The lowest BCUT2D eigenvalue weighted by molar-refractivity contribution is -0.140. The van der Waals surface area contributed by atoms with Crippen molar-refractivity contribution in [1.82, 2.24) is 10.2 Å². The van der Waals surface area contributed by atoms with Crippen molar-refractivity contribution >= 4 is 23.4 Å². The standard InChI is InChI=1S/C28H31ClN2O4/c1-4-30-28(33)24(16-20-8-6-5-7-9-20)31(19-21-10-13-23(29)14-11-21)27(32)18-22-12-15-25(34-2)26(17-22)35-3/h5-15,17,24H,4,16,18-19H2,1-3H3,(H,30,33)/t24-/m0/s1. The van der Waals surface area contributed by atoms with Gasteiger partial charge in [-0.3, -0.25) is 9.59 Å². The average Bonchev–Trinajstić information content (AvgIpc) is 2.87. The molecule has 1 atom stereocenters. The van der Waals surface area contributed by atoms with Crippen molar-refractivity contribution in [3.05, 3.63) is 94.5 Å². The minimum atomic E-state index is -0.680. The van der Waals surface area contributed by atoms with Gasteiger partial charge in [-0.25, -0.2) is 0 Å². The first-order chi connectivity index (χ1) is 16.9. The topological polar surface area (TPSA) is 67.9 Å². The molecule has 6 nitrogen and oxygen atoms in total. The van der Waals surface area contributed by atoms with Crippen molar-refractivity contribution in [3.8, 4) is 11.5 Å². The van der Waals surface area contributed by atoms with Gasteiger partial charge in [-0.15, -0.1) is 0 Å². The van der Waals surface area contributed by atoms with E-state index < -0.39 is 6.04 Å². The second kappa shape index (κ2) is 12.8. The molecule has 0 aliphatic carbocycles. The zero-order valence-electron chi connectivity index (χ0n) is 20.3. The van der Waals surface area contributed by atoms with Crippen molar-refractivity contribution in [3.63, 3.8) is 0 Å². The highest BCUT2D eigenvalue weighted by Gasteiger charge is 2.30. The first-order valence-electron chi connectivity index (χ1n) is 11.5. The van der Waals surface area contributed by atoms with Gasteiger partial charge in [-0.1, -0.05) is 60.1 Å². The zero-order valence-corrected chi connectivity index (χ0v) is 21.0. The molecule has 0 bridgehead atoms. The van der Waals surface area contributed by atoms with Gasteiger partial charge in [-0.2, -0.15) is 0 Å². The van der Waals surface area contributed by atoms with Gasteiger partial charge < -0.3 is 19.7 Å². The molecule has 1 N–H and O–H groups in total. The summed E-state index contributed by atoms with van der Waals surface area (Å²) in [5.74, 6) is 0.781. The van der Waals surface area contributed by atoms with Crippen LogP contribution >= 0.6 is 11.6 Å². The molecule has 0 aromatic heterocycles. The van der Waals surface area contributed by atoms with Crippen molar-refractivity contribution < 1.29 is 19.1 Å². The number of hydrogen-bond donors (Lipinski definition) is 1. The van der Waals surface area contributed by atoms with Gasteiger partial charge in [0.15, 0.2) is 11.5 Å². The highest BCUT2D eigenvalue weighted by molar-refractivity contribution is 6.30. The maximum Gasteiger partial charge on any atom is 0.243 e. The third-order valence-corrected chi connectivity index (χ3v) is 5.94. The predicted octanol–water partition coefficient (Wildman–Crippen LogP) is 4.68. The molecule has 0 heterocycles. The molecule has 0 aliphatic heterocycles. The van der Waals surface area contributed by atoms with Crippen LogP contribution in [0.25, 0.3) is 0 Å². The molecule has 184 valence electrons. The Bertz CT molecular complexity index is 1120. The number of hydrogen-bond acceptors (Lipinski definition) is 4. The summed E-state index contributed by atoms with van der Waals surface area (Å²) in [7, 11) is 3.12. The van der Waals surface area contributed by atoms with Gasteiger partial charge in [0.1, 0.15) is 6.04 Å². The summed E-state index contributed by atoms with van der Waals surface area (Å²) in [4.78, 5) is 28.6. The fourth-order valence-corrected chi connectivity index (χ4v) is 4.03. The lowest BCUT2D eigenvalue weighted by Crippen LogP contribution is -2.50. The van der Waals surface area contributed by atoms with E-state index in [2.05, 4.69) is 5.32 Å². The number of nitrogens with zero attached hydrogens (tertiary/aromatic N) is 1. The number of halogens is 1. The lowest BCUT2D eigenvalue weighted by Gasteiger charge is -2.31. The van der Waals surface area contributed by atoms with E-state index in [0.717, 1.165) is 16.7 Å². The molecular weight excluding hydrogens is 464 g/mol. The summed E-state index contributed by atoms with van der Waals surface area (Å²) < 4.78 is 10.7. The van der Waals surface area contributed by atoms with Gasteiger partial charge in [0, 0.05) is 24.5 Å². The molecule has 0 unspecified atom stereocenters. The van der Waals surface area contributed by atoms with E-state index in [1.807, 2.05) is 55.5 Å². The molecule has 0 fully saturated rings. The molecule has 0 saturated heterocycles. The largest absolute Gasteiger partial charge is 0.493 e. The number of benzene rings is 3. The normalized spacial score (nSPS) is 11.4.